The molecule has 0 radical (unpaired) electrons. The van der Waals surface area contributed by atoms with Crippen molar-refractivity contribution >= 4 is 17.5 Å². The molecule has 0 aliphatic carbocycles. The maximum Gasteiger partial charge on any atom is 0.255 e. The lowest BCUT2D eigenvalue weighted by Crippen LogP contribution is -2.67. The molecular weight excluding hydrogens is 371 g/mol. The minimum Gasteiger partial charge on any atom is -0.351 e. The summed E-state index contributed by atoms with van der Waals surface area (Å²) in [5, 5.41) is 2.99. The first-order valence-electron chi connectivity index (χ1n) is 8.91. The van der Waals surface area contributed by atoms with Crippen molar-refractivity contribution in [2.75, 3.05) is 25.0 Å². The maximum atomic E-state index is 13.7. The summed E-state index contributed by atoms with van der Waals surface area (Å²) in [5.74, 6) is -3.19. The van der Waals surface area contributed by atoms with E-state index in [9.17, 15) is 22.8 Å². The van der Waals surface area contributed by atoms with Crippen LogP contribution in [0.2, 0.25) is 0 Å². The van der Waals surface area contributed by atoms with Crippen LogP contribution >= 0.6 is 0 Å². The third-order valence-electron chi connectivity index (χ3n) is 5.60. The number of benzene rings is 2. The van der Waals surface area contributed by atoms with Gasteiger partial charge >= 0.3 is 0 Å². The average molecular weight is 389 g/mol. The highest BCUT2D eigenvalue weighted by Crippen LogP contribution is 2.36. The van der Waals surface area contributed by atoms with Gasteiger partial charge in [0.25, 0.3) is 11.8 Å². The molecule has 2 aliphatic heterocycles. The molecule has 2 amide bonds. The molecule has 0 bridgehead atoms. The topological polar surface area (TPSA) is 52.7 Å². The predicted molar refractivity (Wildman–Crippen MR) is 96.5 cm³/mol. The fraction of sp³-hybridized carbons (Fsp3) is 0.300. The lowest BCUT2D eigenvalue weighted by molar-refractivity contribution is 0.0608. The molecule has 146 valence electrons. The first-order chi connectivity index (χ1) is 13.3. The Labute approximate surface area is 159 Å². The van der Waals surface area contributed by atoms with Crippen molar-refractivity contribution in [2.24, 2.45) is 0 Å². The summed E-state index contributed by atoms with van der Waals surface area (Å²) in [6.07, 6.45) is 0.835. The molecule has 2 aromatic carbocycles. The molecule has 0 atom stereocenters. The monoisotopic (exact) mass is 389 g/mol. The van der Waals surface area contributed by atoms with Crippen molar-refractivity contribution in [2.45, 2.75) is 18.5 Å². The van der Waals surface area contributed by atoms with E-state index in [1.165, 1.54) is 24.3 Å². The summed E-state index contributed by atoms with van der Waals surface area (Å²) in [6.45, 7) is 0.625. The van der Waals surface area contributed by atoms with Crippen LogP contribution in [-0.4, -0.2) is 42.5 Å². The molecule has 0 saturated carbocycles. The number of carbonyl (C=O) groups is 2. The molecule has 1 fully saturated rings. The number of rotatable bonds is 1. The van der Waals surface area contributed by atoms with Gasteiger partial charge in [-0.2, -0.15) is 0 Å². The first-order valence-corrected chi connectivity index (χ1v) is 8.91. The Bertz CT molecular complexity index is 971. The van der Waals surface area contributed by atoms with Gasteiger partial charge in [-0.25, -0.2) is 13.2 Å². The Hall–Kier alpha value is -3.03. The normalized spacial score (nSPS) is 18.1. The quantitative estimate of drug-likeness (QED) is 0.816. The molecule has 0 aromatic heterocycles. The first kappa shape index (κ1) is 18.3. The molecule has 2 aromatic rings. The number of hydrogen-bond acceptors (Lipinski definition) is 3. The van der Waals surface area contributed by atoms with Crippen LogP contribution in [-0.2, 0) is 0 Å². The number of anilines is 1. The van der Waals surface area contributed by atoms with Crippen molar-refractivity contribution in [3.8, 4) is 0 Å². The number of nitrogens with zero attached hydrogens (tertiary/aromatic N) is 2. The number of amides is 2. The summed E-state index contributed by atoms with van der Waals surface area (Å²) in [6, 6.07) is 7.08. The fourth-order valence-electron chi connectivity index (χ4n) is 3.92. The van der Waals surface area contributed by atoms with E-state index in [1.54, 1.807) is 11.9 Å². The maximum absolute atomic E-state index is 13.7. The zero-order chi connectivity index (χ0) is 20.1. The van der Waals surface area contributed by atoms with Crippen LogP contribution in [0.4, 0.5) is 18.9 Å². The van der Waals surface area contributed by atoms with E-state index in [0.29, 0.717) is 37.2 Å². The smallest absolute Gasteiger partial charge is 0.255 e. The van der Waals surface area contributed by atoms with E-state index in [4.69, 9.17) is 0 Å². The number of piperidine rings is 1. The second-order valence-corrected chi connectivity index (χ2v) is 7.13. The third-order valence-corrected chi connectivity index (χ3v) is 5.60. The second kappa shape index (κ2) is 6.54. The summed E-state index contributed by atoms with van der Waals surface area (Å²) < 4.78 is 40.2. The van der Waals surface area contributed by atoms with Gasteiger partial charge in [0.1, 0.15) is 11.5 Å². The molecule has 2 aliphatic rings. The van der Waals surface area contributed by atoms with Gasteiger partial charge in [-0.05, 0) is 36.4 Å². The standard InChI is InChI=1S/C20H18F3N3O2/c1-25-17-11-13(21)3-4-14(17)18(27)24-20(25)6-8-26(9-7-20)19(28)12-2-5-15(22)16(23)10-12/h2-5,10-11H,6-9H2,1H3,(H,24,27). The van der Waals surface area contributed by atoms with Gasteiger partial charge in [-0.1, -0.05) is 0 Å². The number of carbonyl (C=O) groups excluding carboxylic acids is 2. The van der Waals surface area contributed by atoms with Crippen LogP contribution < -0.4 is 10.2 Å². The van der Waals surface area contributed by atoms with Crippen LogP contribution in [0, 0.1) is 17.5 Å². The van der Waals surface area contributed by atoms with E-state index < -0.39 is 29.0 Å². The minimum atomic E-state index is -1.07. The molecular formula is C20H18F3N3O2. The van der Waals surface area contributed by atoms with Crippen LogP contribution in [0.15, 0.2) is 36.4 Å². The summed E-state index contributed by atoms with van der Waals surface area (Å²) in [7, 11) is 1.78. The van der Waals surface area contributed by atoms with Crippen molar-refractivity contribution in [3.63, 3.8) is 0 Å². The Balaban J connectivity index is 1.54. The van der Waals surface area contributed by atoms with Crippen LogP contribution in [0.3, 0.4) is 0 Å². The Morgan fingerprint density at radius 3 is 2.43 bits per heavy atom. The minimum absolute atomic E-state index is 0.0725. The zero-order valence-electron chi connectivity index (χ0n) is 15.1. The second-order valence-electron chi connectivity index (χ2n) is 7.13. The van der Waals surface area contributed by atoms with Crippen molar-refractivity contribution in [3.05, 3.63) is 65.0 Å². The van der Waals surface area contributed by atoms with Gasteiger partial charge < -0.3 is 15.1 Å². The molecule has 0 unspecified atom stereocenters. The highest BCUT2D eigenvalue weighted by Gasteiger charge is 2.45. The van der Waals surface area contributed by atoms with Crippen molar-refractivity contribution in [1.82, 2.24) is 10.2 Å². The SMILES string of the molecule is CN1c2cc(F)ccc2C(=O)NC12CCN(C(=O)c1ccc(F)c(F)c1)CC2. The van der Waals surface area contributed by atoms with Crippen LogP contribution in [0.25, 0.3) is 0 Å². The van der Waals surface area contributed by atoms with E-state index in [0.717, 1.165) is 12.1 Å². The number of likely N-dealkylation sites (tertiary alicyclic amines) is 1. The Morgan fingerprint density at radius 1 is 1.04 bits per heavy atom. The van der Waals surface area contributed by atoms with Gasteiger partial charge in [0.05, 0.1) is 11.3 Å². The lowest BCUT2D eigenvalue weighted by atomic mass is 9.90. The van der Waals surface area contributed by atoms with Gasteiger partial charge in [0.2, 0.25) is 0 Å². The molecule has 28 heavy (non-hydrogen) atoms. The number of halogens is 3. The highest BCUT2D eigenvalue weighted by molar-refractivity contribution is 6.02. The molecule has 4 rings (SSSR count). The Morgan fingerprint density at radius 2 is 1.75 bits per heavy atom. The van der Waals surface area contributed by atoms with Crippen molar-refractivity contribution in [1.29, 1.82) is 0 Å². The summed E-state index contributed by atoms with van der Waals surface area (Å²) in [4.78, 5) is 28.5. The fourth-order valence-corrected chi connectivity index (χ4v) is 3.92. The number of hydrogen-bond donors (Lipinski definition) is 1. The van der Waals surface area contributed by atoms with Crippen molar-refractivity contribution < 1.29 is 22.8 Å². The van der Waals surface area contributed by atoms with Gasteiger partial charge in [-0.15, -0.1) is 0 Å². The molecule has 1 N–H and O–H groups in total. The molecule has 5 nitrogen and oxygen atoms in total. The van der Waals surface area contributed by atoms with Crippen LogP contribution in [0.1, 0.15) is 33.6 Å². The van der Waals surface area contributed by atoms with E-state index in [-0.39, 0.29) is 11.5 Å². The Kier molecular flexibility index (Phi) is 4.28. The molecule has 1 spiro atoms. The van der Waals surface area contributed by atoms with Gasteiger partial charge in [0, 0.05) is 38.5 Å². The lowest BCUT2D eigenvalue weighted by Gasteiger charge is -2.51. The third kappa shape index (κ3) is 2.89. The summed E-state index contributed by atoms with van der Waals surface area (Å²) in [5.41, 5.74) is 0.241. The predicted octanol–water partition coefficient (Wildman–Crippen LogP) is 2.92. The van der Waals surface area contributed by atoms with Crippen LogP contribution in [0.5, 0.6) is 0 Å². The molecule has 1 saturated heterocycles. The largest absolute Gasteiger partial charge is 0.351 e. The van der Waals surface area contributed by atoms with E-state index in [2.05, 4.69) is 5.32 Å². The molecule has 8 heteroatoms. The average Bonchev–Trinajstić information content (AvgIpc) is 2.68. The molecule has 2 heterocycles. The summed E-state index contributed by atoms with van der Waals surface area (Å²) >= 11 is 0. The van der Waals surface area contributed by atoms with E-state index >= 15 is 0 Å². The zero-order valence-corrected chi connectivity index (χ0v) is 15.1. The van der Waals surface area contributed by atoms with Gasteiger partial charge in [-0.3, -0.25) is 9.59 Å². The van der Waals surface area contributed by atoms with E-state index in [1.807, 2.05) is 4.90 Å². The number of fused-ring (bicyclic) bond motifs is 1. The number of nitrogens with one attached hydrogen (secondary N) is 1. The highest BCUT2D eigenvalue weighted by atomic mass is 19.2. The van der Waals surface area contributed by atoms with Gasteiger partial charge in [0.15, 0.2) is 11.6 Å².